The smallest absolute Gasteiger partial charge is 0.475 e. The van der Waals surface area contributed by atoms with Crippen LogP contribution in [0.4, 0.5) is 13.2 Å². The summed E-state index contributed by atoms with van der Waals surface area (Å²) in [6.45, 7) is 4.01. The summed E-state index contributed by atoms with van der Waals surface area (Å²) in [5.41, 5.74) is 4.59. The summed E-state index contributed by atoms with van der Waals surface area (Å²) < 4.78 is 31.7. The molecule has 1 aliphatic rings. The van der Waals surface area contributed by atoms with E-state index in [4.69, 9.17) is 14.9 Å². The molecule has 4 N–H and O–H groups in total. The summed E-state index contributed by atoms with van der Waals surface area (Å²) in [5, 5.41) is 17.5. The number of fused-ring (bicyclic) bond motifs is 1. The van der Waals surface area contributed by atoms with Crippen molar-refractivity contribution in [2.24, 2.45) is 0 Å². The monoisotopic (exact) mass is 465 g/mol. The van der Waals surface area contributed by atoms with Gasteiger partial charge < -0.3 is 15.4 Å². The maximum absolute atomic E-state index is 12.6. The van der Waals surface area contributed by atoms with Crippen LogP contribution in [0, 0.1) is 6.92 Å². The first-order valence-corrected chi connectivity index (χ1v) is 10.7. The maximum atomic E-state index is 12.6. The van der Waals surface area contributed by atoms with Gasteiger partial charge in [-0.2, -0.15) is 18.3 Å². The number of rotatable bonds is 4. The highest BCUT2D eigenvalue weighted by molar-refractivity contribution is 5.94. The molecule has 1 fully saturated rings. The molecule has 11 heteroatoms. The lowest BCUT2D eigenvalue weighted by Gasteiger charge is -2.28. The van der Waals surface area contributed by atoms with Crippen molar-refractivity contribution in [1.29, 1.82) is 0 Å². The molecule has 8 nitrogen and oxygen atoms in total. The Bertz CT molecular complexity index is 1090. The molecule has 0 saturated heterocycles. The molecule has 4 rings (SSSR count). The van der Waals surface area contributed by atoms with Gasteiger partial charge in [0, 0.05) is 23.2 Å². The van der Waals surface area contributed by atoms with Crippen LogP contribution in [0.25, 0.3) is 11.0 Å². The number of carboxylic acid groups (broad SMARTS) is 1. The molecular formula is C22H26F3N5O3. The normalized spacial score (nSPS) is 18.5. The number of aromatic amines is 2. The number of carbonyl (C=O) groups excluding carboxylic acids is 1. The number of hydrogen-bond acceptors (Lipinski definition) is 4. The minimum atomic E-state index is -5.08. The molecule has 0 bridgehead atoms. The van der Waals surface area contributed by atoms with E-state index in [1.54, 1.807) is 0 Å². The molecule has 2 unspecified atom stereocenters. The van der Waals surface area contributed by atoms with Gasteiger partial charge in [0.25, 0.3) is 5.91 Å². The fourth-order valence-electron chi connectivity index (χ4n) is 3.99. The van der Waals surface area contributed by atoms with Gasteiger partial charge in [0.15, 0.2) is 5.69 Å². The number of nitrogens with one attached hydrogen (secondary N) is 3. The zero-order valence-corrected chi connectivity index (χ0v) is 18.3. The summed E-state index contributed by atoms with van der Waals surface area (Å²) in [7, 11) is 0. The highest BCUT2D eigenvalue weighted by Crippen LogP contribution is 2.32. The first-order chi connectivity index (χ1) is 15.6. The number of amides is 1. The topological polar surface area (TPSA) is 124 Å². The molecule has 2 aromatic heterocycles. The quantitative estimate of drug-likeness (QED) is 0.459. The lowest BCUT2D eigenvalue weighted by molar-refractivity contribution is -0.192. The van der Waals surface area contributed by atoms with Crippen molar-refractivity contribution >= 4 is 22.9 Å². The van der Waals surface area contributed by atoms with Gasteiger partial charge in [-0.1, -0.05) is 25.5 Å². The number of carbonyl (C=O) groups is 2. The third-order valence-electron chi connectivity index (χ3n) is 5.73. The van der Waals surface area contributed by atoms with E-state index >= 15 is 0 Å². The molecule has 1 saturated carbocycles. The highest BCUT2D eigenvalue weighted by atomic mass is 19.4. The Morgan fingerprint density at radius 2 is 1.94 bits per heavy atom. The second-order valence-corrected chi connectivity index (χ2v) is 8.01. The SMILES string of the molecule is CCc1[nH]nc(C(=O)NC2CCCC(c3nc4ccccc4[nH]3)C2)c1C.O=C(O)C(F)(F)F. The average molecular weight is 465 g/mol. The number of benzene rings is 1. The van der Waals surface area contributed by atoms with Gasteiger partial charge in [-0.3, -0.25) is 9.89 Å². The second kappa shape index (κ2) is 10.1. The zero-order valence-electron chi connectivity index (χ0n) is 18.3. The van der Waals surface area contributed by atoms with Crippen LogP contribution in [-0.4, -0.2) is 49.4 Å². The van der Waals surface area contributed by atoms with Crippen LogP contribution in [0.3, 0.4) is 0 Å². The van der Waals surface area contributed by atoms with E-state index in [2.05, 4.69) is 33.5 Å². The Hall–Kier alpha value is -3.37. The van der Waals surface area contributed by atoms with Crippen molar-refractivity contribution in [2.45, 2.75) is 64.1 Å². The number of aliphatic carboxylic acids is 1. The van der Waals surface area contributed by atoms with Crippen molar-refractivity contribution in [3.05, 3.63) is 47.0 Å². The van der Waals surface area contributed by atoms with Crippen molar-refractivity contribution in [3.63, 3.8) is 0 Å². The Labute approximate surface area is 188 Å². The highest BCUT2D eigenvalue weighted by Gasteiger charge is 2.38. The number of nitrogens with zero attached hydrogens (tertiary/aromatic N) is 2. The molecular weight excluding hydrogens is 439 g/mol. The average Bonchev–Trinajstić information content (AvgIpc) is 3.37. The lowest BCUT2D eigenvalue weighted by Crippen LogP contribution is -2.38. The summed E-state index contributed by atoms with van der Waals surface area (Å²) in [6, 6.07) is 8.27. The summed E-state index contributed by atoms with van der Waals surface area (Å²) in [4.78, 5) is 29.7. The Morgan fingerprint density at radius 3 is 2.55 bits per heavy atom. The van der Waals surface area contributed by atoms with Gasteiger partial charge >= 0.3 is 12.1 Å². The van der Waals surface area contributed by atoms with Gasteiger partial charge in [0.1, 0.15) is 5.82 Å². The number of alkyl halides is 3. The predicted molar refractivity (Wildman–Crippen MR) is 115 cm³/mol. The standard InChI is InChI=1S/C20H25N5O.C2HF3O2/c1-3-15-12(2)18(25-24-15)20(26)21-14-8-6-7-13(11-14)19-22-16-9-4-5-10-17(16)23-19;3-2(4,5)1(6)7/h4-5,9-10,13-14H,3,6-8,11H2,1-2H3,(H,21,26)(H,22,23)(H,24,25);(H,6,7). The molecule has 1 aliphatic carbocycles. The van der Waals surface area contributed by atoms with Crippen molar-refractivity contribution in [1.82, 2.24) is 25.5 Å². The first kappa shape index (κ1) is 24.3. The number of aromatic nitrogens is 4. The number of imidazole rings is 1. The Kier molecular flexibility index (Phi) is 7.39. The molecule has 178 valence electrons. The van der Waals surface area contributed by atoms with Gasteiger partial charge in [-0.05, 0) is 44.7 Å². The molecule has 1 aromatic carbocycles. The fourth-order valence-corrected chi connectivity index (χ4v) is 3.99. The fraction of sp³-hybridized carbons (Fsp3) is 0.455. The lowest BCUT2D eigenvalue weighted by atomic mass is 9.85. The van der Waals surface area contributed by atoms with Crippen LogP contribution in [0.5, 0.6) is 0 Å². The largest absolute Gasteiger partial charge is 0.490 e. The number of para-hydroxylation sites is 2. The Morgan fingerprint density at radius 1 is 1.24 bits per heavy atom. The van der Waals surface area contributed by atoms with Crippen LogP contribution >= 0.6 is 0 Å². The second-order valence-electron chi connectivity index (χ2n) is 8.01. The maximum Gasteiger partial charge on any atom is 0.490 e. The van der Waals surface area contributed by atoms with E-state index in [-0.39, 0.29) is 11.9 Å². The number of hydrogen-bond donors (Lipinski definition) is 4. The van der Waals surface area contributed by atoms with Crippen LogP contribution in [0.15, 0.2) is 24.3 Å². The minimum absolute atomic E-state index is 0.0753. The Balaban J connectivity index is 0.000000383. The molecule has 0 radical (unpaired) electrons. The number of aryl methyl sites for hydroxylation is 1. The summed E-state index contributed by atoms with van der Waals surface area (Å²) in [5.74, 6) is -1.44. The molecule has 1 amide bonds. The first-order valence-electron chi connectivity index (χ1n) is 10.7. The van der Waals surface area contributed by atoms with E-state index in [1.807, 2.05) is 25.1 Å². The summed E-state index contributed by atoms with van der Waals surface area (Å²) >= 11 is 0. The third-order valence-corrected chi connectivity index (χ3v) is 5.73. The van der Waals surface area contributed by atoms with E-state index in [0.717, 1.165) is 60.2 Å². The number of halogens is 3. The van der Waals surface area contributed by atoms with Crippen molar-refractivity contribution < 1.29 is 27.9 Å². The van der Waals surface area contributed by atoms with Crippen molar-refractivity contribution in [2.75, 3.05) is 0 Å². The predicted octanol–water partition coefficient (Wildman–Crippen LogP) is 4.25. The van der Waals surface area contributed by atoms with Gasteiger partial charge in [-0.25, -0.2) is 9.78 Å². The van der Waals surface area contributed by atoms with Crippen LogP contribution in [0.1, 0.15) is 66.1 Å². The van der Waals surface area contributed by atoms with Crippen LogP contribution in [0.2, 0.25) is 0 Å². The molecule has 3 aromatic rings. The van der Waals surface area contributed by atoms with E-state index < -0.39 is 12.1 Å². The number of carboxylic acids is 1. The van der Waals surface area contributed by atoms with Crippen LogP contribution < -0.4 is 5.32 Å². The molecule has 2 heterocycles. The molecule has 33 heavy (non-hydrogen) atoms. The zero-order chi connectivity index (χ0) is 24.2. The van der Waals surface area contributed by atoms with Gasteiger partial charge in [0.05, 0.1) is 11.0 Å². The molecule has 2 atom stereocenters. The van der Waals surface area contributed by atoms with Gasteiger partial charge in [0.2, 0.25) is 0 Å². The van der Waals surface area contributed by atoms with Crippen LogP contribution in [-0.2, 0) is 11.2 Å². The third kappa shape index (κ3) is 5.91. The minimum Gasteiger partial charge on any atom is -0.475 e. The van der Waals surface area contributed by atoms with Crippen molar-refractivity contribution in [3.8, 4) is 0 Å². The molecule has 0 spiro atoms. The number of H-pyrrole nitrogens is 2. The van der Waals surface area contributed by atoms with E-state index in [9.17, 15) is 18.0 Å². The van der Waals surface area contributed by atoms with E-state index in [1.165, 1.54) is 0 Å². The summed E-state index contributed by atoms with van der Waals surface area (Å²) in [6.07, 6.45) is -0.119. The van der Waals surface area contributed by atoms with E-state index in [0.29, 0.717) is 11.6 Å². The molecule has 0 aliphatic heterocycles. The van der Waals surface area contributed by atoms with Gasteiger partial charge in [-0.15, -0.1) is 0 Å².